The van der Waals surface area contributed by atoms with Gasteiger partial charge in [-0.25, -0.2) is 22.9 Å². The fraction of sp³-hybridized carbons (Fsp3) is 0.176. The molecule has 0 saturated heterocycles. The molecule has 0 aliphatic carbocycles. The number of para-hydroxylation sites is 1. The second kappa shape index (κ2) is 7.75. The van der Waals surface area contributed by atoms with Gasteiger partial charge in [0.1, 0.15) is 0 Å². The first-order valence-corrected chi connectivity index (χ1v) is 11.0. The van der Waals surface area contributed by atoms with Crippen molar-refractivity contribution in [2.24, 2.45) is 0 Å². The van der Waals surface area contributed by atoms with Gasteiger partial charge in [0.25, 0.3) is 0 Å². The van der Waals surface area contributed by atoms with Gasteiger partial charge in [0, 0.05) is 12.3 Å². The number of thiazole rings is 1. The minimum absolute atomic E-state index is 0.0169. The number of thioether (sulfide) groups is 1. The van der Waals surface area contributed by atoms with Gasteiger partial charge in [0.05, 0.1) is 20.7 Å². The Balaban J connectivity index is 1.61. The Kier molecular flexibility index (Phi) is 5.61. The van der Waals surface area contributed by atoms with Crippen LogP contribution in [-0.2, 0) is 10.0 Å². The van der Waals surface area contributed by atoms with Crippen LogP contribution in [0.2, 0.25) is 0 Å². The van der Waals surface area contributed by atoms with E-state index in [0.717, 1.165) is 14.6 Å². The number of carbonyl (C=O) groups is 1. The van der Waals surface area contributed by atoms with Gasteiger partial charge in [-0.2, -0.15) is 0 Å². The van der Waals surface area contributed by atoms with E-state index < -0.39 is 16.0 Å². The number of hydrogen-bond acceptors (Lipinski definition) is 6. The molecule has 0 aliphatic heterocycles. The number of aryl methyl sites for hydroxylation is 1. The lowest BCUT2D eigenvalue weighted by molar-refractivity contribution is 0.0696. The number of hydrogen-bond donors (Lipinski definition) is 2. The normalized spacial score (nSPS) is 11.7. The Morgan fingerprint density at radius 2 is 2.04 bits per heavy atom. The first kappa shape index (κ1) is 18.8. The van der Waals surface area contributed by atoms with Crippen molar-refractivity contribution in [2.75, 3.05) is 12.3 Å². The molecule has 0 saturated carbocycles. The molecule has 1 aromatic heterocycles. The summed E-state index contributed by atoms with van der Waals surface area (Å²) in [6.45, 7) is 1.85. The van der Waals surface area contributed by atoms with Crippen LogP contribution in [0.1, 0.15) is 15.9 Å². The van der Waals surface area contributed by atoms with Gasteiger partial charge in [-0.05, 0) is 36.8 Å². The third-order valence-electron chi connectivity index (χ3n) is 3.64. The molecule has 9 heteroatoms. The molecule has 0 fully saturated rings. The fourth-order valence-electron chi connectivity index (χ4n) is 2.31. The predicted octanol–water partition coefficient (Wildman–Crippen LogP) is 3.37. The van der Waals surface area contributed by atoms with E-state index in [-0.39, 0.29) is 17.0 Å². The van der Waals surface area contributed by atoms with E-state index in [4.69, 9.17) is 5.11 Å². The van der Waals surface area contributed by atoms with Gasteiger partial charge in [-0.1, -0.05) is 30.0 Å². The number of aromatic nitrogens is 1. The molecule has 3 aromatic rings. The van der Waals surface area contributed by atoms with Gasteiger partial charge in [0.2, 0.25) is 10.0 Å². The second-order valence-electron chi connectivity index (χ2n) is 5.48. The number of benzene rings is 2. The monoisotopic (exact) mass is 408 g/mol. The van der Waals surface area contributed by atoms with Crippen molar-refractivity contribution in [1.29, 1.82) is 0 Å². The summed E-state index contributed by atoms with van der Waals surface area (Å²) in [6.07, 6.45) is 0. The number of carboxylic acids is 1. The van der Waals surface area contributed by atoms with Crippen molar-refractivity contribution in [1.82, 2.24) is 9.71 Å². The van der Waals surface area contributed by atoms with E-state index in [1.165, 1.54) is 30.0 Å². The highest BCUT2D eigenvalue weighted by molar-refractivity contribution is 8.01. The molecule has 6 nitrogen and oxygen atoms in total. The summed E-state index contributed by atoms with van der Waals surface area (Å²) in [5, 5.41) is 9.13. The van der Waals surface area contributed by atoms with Gasteiger partial charge in [-0.15, -0.1) is 11.3 Å². The number of nitrogens with zero attached hydrogens (tertiary/aromatic N) is 1. The van der Waals surface area contributed by atoms with Crippen LogP contribution in [0.3, 0.4) is 0 Å². The zero-order chi connectivity index (χ0) is 18.7. The Morgan fingerprint density at radius 3 is 2.77 bits per heavy atom. The summed E-state index contributed by atoms with van der Waals surface area (Å²) in [5.74, 6) is -0.623. The van der Waals surface area contributed by atoms with E-state index in [2.05, 4.69) is 9.71 Å². The van der Waals surface area contributed by atoms with E-state index in [1.807, 2.05) is 24.3 Å². The predicted molar refractivity (Wildman–Crippen MR) is 104 cm³/mol. The lowest BCUT2D eigenvalue weighted by atomic mass is 10.1. The summed E-state index contributed by atoms with van der Waals surface area (Å²) in [5.41, 5.74) is 1.43. The fourth-order valence-corrected chi connectivity index (χ4v) is 5.49. The van der Waals surface area contributed by atoms with Crippen LogP contribution in [-0.4, -0.2) is 36.8 Å². The molecule has 2 N–H and O–H groups in total. The number of carboxylic acid groups (broad SMARTS) is 1. The van der Waals surface area contributed by atoms with Crippen LogP contribution < -0.4 is 4.72 Å². The molecule has 2 aromatic carbocycles. The highest BCUT2D eigenvalue weighted by Gasteiger charge is 2.17. The van der Waals surface area contributed by atoms with Crippen LogP contribution in [0, 0.1) is 6.92 Å². The molecule has 0 spiro atoms. The van der Waals surface area contributed by atoms with Crippen LogP contribution in [0.5, 0.6) is 0 Å². The molecule has 0 aliphatic rings. The van der Waals surface area contributed by atoms with Crippen molar-refractivity contribution in [3.8, 4) is 0 Å². The van der Waals surface area contributed by atoms with Crippen molar-refractivity contribution >= 4 is 49.3 Å². The molecule has 0 unspecified atom stereocenters. The molecule has 0 radical (unpaired) electrons. The van der Waals surface area contributed by atoms with Crippen LogP contribution in [0.4, 0.5) is 0 Å². The molecule has 0 amide bonds. The molecule has 26 heavy (non-hydrogen) atoms. The minimum Gasteiger partial charge on any atom is -0.478 e. The first-order valence-electron chi connectivity index (χ1n) is 7.69. The molecule has 3 rings (SSSR count). The number of aromatic carboxylic acids is 1. The van der Waals surface area contributed by atoms with E-state index in [1.54, 1.807) is 18.3 Å². The van der Waals surface area contributed by atoms with Gasteiger partial charge in [0.15, 0.2) is 4.34 Å². The van der Waals surface area contributed by atoms with Crippen molar-refractivity contribution in [3.05, 3.63) is 53.6 Å². The zero-order valence-electron chi connectivity index (χ0n) is 13.8. The molecule has 1 heterocycles. The quantitative estimate of drug-likeness (QED) is 0.460. The number of fused-ring (bicyclic) bond motifs is 1. The average molecular weight is 409 g/mol. The Morgan fingerprint density at radius 1 is 1.27 bits per heavy atom. The van der Waals surface area contributed by atoms with E-state index >= 15 is 0 Å². The van der Waals surface area contributed by atoms with Gasteiger partial charge < -0.3 is 5.11 Å². The highest BCUT2D eigenvalue weighted by atomic mass is 32.2. The summed E-state index contributed by atoms with van der Waals surface area (Å²) in [7, 11) is -3.76. The minimum atomic E-state index is -3.76. The second-order valence-corrected chi connectivity index (χ2v) is 9.62. The third kappa shape index (κ3) is 4.24. The molecule has 0 atom stereocenters. The zero-order valence-corrected chi connectivity index (χ0v) is 16.2. The van der Waals surface area contributed by atoms with Crippen LogP contribution >= 0.6 is 23.1 Å². The maximum Gasteiger partial charge on any atom is 0.335 e. The van der Waals surface area contributed by atoms with E-state index in [9.17, 15) is 13.2 Å². The van der Waals surface area contributed by atoms with Crippen LogP contribution in [0.15, 0.2) is 51.7 Å². The first-order chi connectivity index (χ1) is 12.4. The standard InChI is InChI=1S/C17H16N2O4S3/c1-11-6-7-12(10-13(11)16(20)21)26(22,23)18-8-9-24-17-19-14-4-2-3-5-15(14)25-17/h2-7,10,18H,8-9H2,1H3,(H,20,21). The summed E-state index contributed by atoms with van der Waals surface area (Å²) in [6, 6.07) is 11.9. The van der Waals surface area contributed by atoms with Crippen molar-refractivity contribution in [2.45, 2.75) is 16.2 Å². The molecule has 136 valence electrons. The summed E-state index contributed by atoms with van der Waals surface area (Å²) in [4.78, 5) is 15.6. The van der Waals surface area contributed by atoms with Crippen molar-refractivity contribution < 1.29 is 18.3 Å². The van der Waals surface area contributed by atoms with E-state index in [0.29, 0.717) is 11.3 Å². The third-order valence-corrected chi connectivity index (χ3v) is 7.28. The smallest absolute Gasteiger partial charge is 0.335 e. The SMILES string of the molecule is Cc1ccc(S(=O)(=O)NCCSc2nc3ccccc3s2)cc1C(=O)O. The molecular formula is C17H16N2O4S3. The Hall–Kier alpha value is -1.94. The number of nitrogens with one attached hydrogen (secondary N) is 1. The maximum atomic E-state index is 12.3. The molecular weight excluding hydrogens is 392 g/mol. The maximum absolute atomic E-state index is 12.3. The summed E-state index contributed by atoms with van der Waals surface area (Å²) >= 11 is 3.05. The average Bonchev–Trinajstić information content (AvgIpc) is 3.01. The van der Waals surface area contributed by atoms with Crippen LogP contribution in [0.25, 0.3) is 10.2 Å². The number of rotatable bonds is 7. The summed E-state index contributed by atoms with van der Waals surface area (Å²) < 4.78 is 29.2. The highest BCUT2D eigenvalue weighted by Crippen LogP contribution is 2.29. The van der Waals surface area contributed by atoms with Gasteiger partial charge in [-0.3, -0.25) is 0 Å². The lowest BCUT2D eigenvalue weighted by Gasteiger charge is -2.08. The lowest BCUT2D eigenvalue weighted by Crippen LogP contribution is -2.26. The Labute approximate surface area is 159 Å². The van der Waals surface area contributed by atoms with Crippen molar-refractivity contribution in [3.63, 3.8) is 0 Å². The number of sulfonamides is 1. The Bertz CT molecular complexity index is 1030. The topological polar surface area (TPSA) is 96.4 Å². The molecule has 0 bridgehead atoms. The largest absolute Gasteiger partial charge is 0.478 e. The van der Waals surface area contributed by atoms with Gasteiger partial charge >= 0.3 is 5.97 Å².